The minimum atomic E-state index is -0.518. The maximum Gasteiger partial charge on any atom is 0.282 e. The van der Waals surface area contributed by atoms with Crippen LogP contribution in [-0.2, 0) is 9.59 Å². The Morgan fingerprint density at radius 3 is 2.52 bits per heavy atom. The average molecular weight is 351 g/mol. The number of hydrogen-bond donors (Lipinski definition) is 2. The van der Waals surface area contributed by atoms with Gasteiger partial charge in [-0.1, -0.05) is 0 Å². The predicted octanol–water partition coefficient (Wildman–Crippen LogP) is -0.323. The molecule has 136 valence electrons. The quantitative estimate of drug-likeness (QED) is 0.558. The fourth-order valence-corrected chi connectivity index (χ4v) is 2.86. The largest absolute Gasteiger partial charge is 0.494 e. The van der Waals surface area contributed by atoms with Crippen LogP contribution < -0.4 is 15.0 Å². The average Bonchev–Trinajstić information content (AvgIpc) is 2.61. The smallest absolute Gasteiger partial charge is 0.282 e. The Morgan fingerprint density at radius 1 is 1.36 bits per heavy atom. The predicted molar refractivity (Wildman–Crippen MR) is 90.7 cm³/mol. The van der Waals surface area contributed by atoms with Crippen LogP contribution in [0.3, 0.4) is 0 Å². The van der Waals surface area contributed by atoms with Crippen LogP contribution in [0.4, 0.5) is 11.4 Å². The van der Waals surface area contributed by atoms with E-state index < -0.39 is 4.92 Å². The van der Waals surface area contributed by atoms with Gasteiger partial charge in [-0.05, 0) is 13.0 Å². The van der Waals surface area contributed by atoms with Crippen molar-refractivity contribution in [2.24, 2.45) is 0 Å². The zero-order chi connectivity index (χ0) is 18.6. The van der Waals surface area contributed by atoms with E-state index in [1.165, 1.54) is 25.3 Å². The number of nitrogens with one attached hydrogen (secondary N) is 2. The molecule has 1 atom stereocenters. The number of carbonyl (C=O) groups excluding carboxylic acids is 2. The van der Waals surface area contributed by atoms with E-state index in [4.69, 9.17) is 4.74 Å². The summed E-state index contributed by atoms with van der Waals surface area (Å²) in [5, 5.41) is 13.6. The van der Waals surface area contributed by atoms with E-state index in [0.29, 0.717) is 31.9 Å². The molecule has 0 bridgehead atoms. The molecule has 1 saturated heterocycles. The van der Waals surface area contributed by atoms with Gasteiger partial charge in [0.15, 0.2) is 6.04 Å². The van der Waals surface area contributed by atoms with Gasteiger partial charge in [0, 0.05) is 13.0 Å². The van der Waals surface area contributed by atoms with Crippen molar-refractivity contribution in [3.05, 3.63) is 28.3 Å². The lowest BCUT2D eigenvalue weighted by Gasteiger charge is -2.34. The van der Waals surface area contributed by atoms with Crippen LogP contribution in [0.25, 0.3) is 0 Å². The molecule has 9 nitrogen and oxygen atoms in total. The third-order valence-electron chi connectivity index (χ3n) is 4.51. The normalized spacial score (nSPS) is 16.2. The summed E-state index contributed by atoms with van der Waals surface area (Å²) in [6.45, 7) is 6.03. The lowest BCUT2D eigenvalue weighted by molar-refractivity contribution is -0.917. The van der Waals surface area contributed by atoms with Crippen molar-refractivity contribution in [3.8, 4) is 5.75 Å². The van der Waals surface area contributed by atoms with E-state index in [1.807, 2.05) is 6.92 Å². The number of nitro benzene ring substituents is 1. The molecule has 1 heterocycles. The van der Waals surface area contributed by atoms with E-state index in [0.717, 1.165) is 4.90 Å². The molecule has 1 fully saturated rings. The number of anilines is 1. The maximum atomic E-state index is 12.5. The Bertz CT molecular complexity index is 670. The summed E-state index contributed by atoms with van der Waals surface area (Å²) in [7, 11) is 1.39. The Labute approximate surface area is 145 Å². The van der Waals surface area contributed by atoms with E-state index in [1.54, 1.807) is 11.8 Å². The topological polar surface area (TPSA) is 106 Å². The molecular weight excluding hydrogens is 328 g/mol. The molecule has 1 aromatic carbocycles. The van der Waals surface area contributed by atoms with E-state index in [2.05, 4.69) is 5.32 Å². The summed E-state index contributed by atoms with van der Waals surface area (Å²) in [4.78, 5) is 37.1. The second kappa shape index (κ2) is 7.93. The zero-order valence-corrected chi connectivity index (χ0v) is 14.6. The highest BCUT2D eigenvalue weighted by molar-refractivity contribution is 5.95. The van der Waals surface area contributed by atoms with Crippen molar-refractivity contribution in [2.75, 3.05) is 38.6 Å². The summed E-state index contributed by atoms with van der Waals surface area (Å²) in [5.41, 5.74) is 0.292. The number of quaternary nitrogens is 1. The van der Waals surface area contributed by atoms with Crippen LogP contribution in [0.15, 0.2) is 18.2 Å². The number of methoxy groups -OCH3 is 1. The van der Waals surface area contributed by atoms with Gasteiger partial charge in [0.2, 0.25) is 5.91 Å². The number of hydrogen-bond acceptors (Lipinski definition) is 5. The monoisotopic (exact) mass is 351 g/mol. The van der Waals surface area contributed by atoms with Crippen LogP contribution in [0, 0.1) is 10.1 Å². The Kier molecular flexibility index (Phi) is 5.92. The number of carbonyl (C=O) groups is 2. The number of ether oxygens (including phenoxy) is 1. The summed E-state index contributed by atoms with van der Waals surface area (Å²) < 4.78 is 5.13. The van der Waals surface area contributed by atoms with Gasteiger partial charge in [-0.15, -0.1) is 0 Å². The van der Waals surface area contributed by atoms with Crippen molar-refractivity contribution in [1.29, 1.82) is 0 Å². The number of piperazine rings is 1. The number of amides is 2. The molecule has 2 amide bonds. The van der Waals surface area contributed by atoms with Gasteiger partial charge in [0.05, 0.1) is 50.0 Å². The fourth-order valence-electron chi connectivity index (χ4n) is 2.86. The van der Waals surface area contributed by atoms with Crippen molar-refractivity contribution in [1.82, 2.24) is 4.90 Å². The van der Waals surface area contributed by atoms with Crippen molar-refractivity contribution in [2.45, 2.75) is 19.9 Å². The second-order valence-electron chi connectivity index (χ2n) is 6.02. The molecule has 0 aromatic heterocycles. The zero-order valence-electron chi connectivity index (χ0n) is 14.6. The highest BCUT2D eigenvalue weighted by Crippen LogP contribution is 2.28. The third kappa shape index (κ3) is 4.44. The second-order valence-corrected chi connectivity index (χ2v) is 6.02. The molecule has 0 saturated carbocycles. The number of rotatable bonds is 5. The van der Waals surface area contributed by atoms with Crippen molar-refractivity contribution < 1.29 is 24.1 Å². The number of nitro groups is 1. The molecule has 1 aliphatic heterocycles. The molecule has 0 unspecified atom stereocenters. The van der Waals surface area contributed by atoms with Gasteiger partial charge in [-0.2, -0.15) is 0 Å². The first-order valence-corrected chi connectivity index (χ1v) is 8.07. The summed E-state index contributed by atoms with van der Waals surface area (Å²) in [6, 6.07) is 3.75. The first-order valence-electron chi connectivity index (χ1n) is 8.07. The molecule has 2 rings (SSSR count). The first-order chi connectivity index (χ1) is 11.8. The van der Waals surface area contributed by atoms with Gasteiger partial charge in [0.25, 0.3) is 11.6 Å². The molecular formula is C16H23N4O5+. The number of benzene rings is 1. The molecule has 1 aliphatic rings. The molecule has 25 heavy (non-hydrogen) atoms. The SMILES string of the molecule is COc1cc([N+](=O)[O-])ccc1NC(=O)[C@H](C)[NH+]1CCN(C(C)=O)CC1. The summed E-state index contributed by atoms with van der Waals surface area (Å²) in [5.74, 6) is 0.0938. The van der Waals surface area contributed by atoms with Crippen molar-refractivity contribution >= 4 is 23.2 Å². The van der Waals surface area contributed by atoms with Gasteiger partial charge in [0.1, 0.15) is 5.75 Å². The third-order valence-corrected chi connectivity index (χ3v) is 4.51. The van der Waals surface area contributed by atoms with Crippen LogP contribution in [0.2, 0.25) is 0 Å². The molecule has 2 N–H and O–H groups in total. The molecule has 0 radical (unpaired) electrons. The lowest BCUT2D eigenvalue weighted by atomic mass is 10.2. The highest BCUT2D eigenvalue weighted by atomic mass is 16.6. The first kappa shape index (κ1) is 18.7. The van der Waals surface area contributed by atoms with Gasteiger partial charge in [-0.3, -0.25) is 19.7 Å². The van der Waals surface area contributed by atoms with Crippen molar-refractivity contribution in [3.63, 3.8) is 0 Å². The maximum absolute atomic E-state index is 12.5. The van der Waals surface area contributed by atoms with E-state index in [9.17, 15) is 19.7 Å². The summed E-state index contributed by atoms with van der Waals surface area (Å²) >= 11 is 0. The molecule has 0 aliphatic carbocycles. The Hall–Kier alpha value is -2.68. The van der Waals surface area contributed by atoms with Gasteiger partial charge in [-0.25, -0.2) is 0 Å². The Balaban J connectivity index is 2.02. The minimum absolute atomic E-state index is 0.0479. The van der Waals surface area contributed by atoms with Crippen LogP contribution >= 0.6 is 0 Å². The van der Waals surface area contributed by atoms with E-state index in [-0.39, 0.29) is 29.3 Å². The van der Waals surface area contributed by atoms with E-state index >= 15 is 0 Å². The lowest BCUT2D eigenvalue weighted by Crippen LogP contribution is -3.19. The summed E-state index contributed by atoms with van der Waals surface area (Å²) in [6.07, 6.45) is 0. The standard InChI is InChI=1S/C16H22N4O5/c1-11(18-6-8-19(9-7-18)12(2)21)16(22)17-14-5-4-13(20(23)24)10-15(14)25-3/h4-5,10-11H,6-9H2,1-3H3,(H,17,22)/p+1/t11-/m0/s1. The minimum Gasteiger partial charge on any atom is -0.494 e. The molecule has 1 aromatic rings. The number of nitrogens with zero attached hydrogens (tertiary/aromatic N) is 2. The highest BCUT2D eigenvalue weighted by Gasteiger charge is 2.30. The van der Waals surface area contributed by atoms with Crippen LogP contribution in [0.5, 0.6) is 5.75 Å². The van der Waals surface area contributed by atoms with Gasteiger partial charge < -0.3 is 19.9 Å². The molecule has 9 heteroatoms. The van der Waals surface area contributed by atoms with Crippen LogP contribution in [-0.4, -0.2) is 61.0 Å². The molecule has 0 spiro atoms. The Morgan fingerprint density at radius 2 is 2.00 bits per heavy atom. The van der Waals surface area contributed by atoms with Gasteiger partial charge >= 0.3 is 0 Å². The van der Waals surface area contributed by atoms with Crippen LogP contribution in [0.1, 0.15) is 13.8 Å². The fraction of sp³-hybridized carbons (Fsp3) is 0.500. The number of non-ortho nitro benzene ring substituents is 1.